The molecule has 0 aromatic carbocycles. The zero-order valence-corrected chi connectivity index (χ0v) is 13.2. The molecule has 2 aromatic rings. The fraction of sp³-hybridized carbons (Fsp3) is 0.462. The zero-order chi connectivity index (χ0) is 15.2. The van der Waals surface area contributed by atoms with Crippen molar-refractivity contribution in [2.45, 2.75) is 13.0 Å². The molecular formula is C13H19N6OS+. The summed E-state index contributed by atoms with van der Waals surface area (Å²) in [6.07, 6.45) is 7.83. The highest BCUT2D eigenvalue weighted by molar-refractivity contribution is 8.13. The molecule has 0 aliphatic rings. The minimum Gasteiger partial charge on any atom is -0.347 e. The second kappa shape index (κ2) is 7.16. The van der Waals surface area contributed by atoms with E-state index in [4.69, 9.17) is 0 Å². The van der Waals surface area contributed by atoms with E-state index in [2.05, 4.69) is 15.0 Å². The predicted octanol–water partition coefficient (Wildman–Crippen LogP) is 0.0661. The highest BCUT2D eigenvalue weighted by atomic mass is 32.2. The van der Waals surface area contributed by atoms with Gasteiger partial charge in [-0.3, -0.25) is 4.79 Å². The third-order valence-corrected chi connectivity index (χ3v) is 3.59. The van der Waals surface area contributed by atoms with Crippen LogP contribution in [0.5, 0.6) is 0 Å². The quantitative estimate of drug-likeness (QED) is 0.703. The maximum atomic E-state index is 11.9. The van der Waals surface area contributed by atoms with Gasteiger partial charge in [-0.15, -0.1) is 0 Å². The van der Waals surface area contributed by atoms with Crippen LogP contribution in [0.1, 0.15) is 5.82 Å². The first kappa shape index (κ1) is 15.4. The molecule has 21 heavy (non-hydrogen) atoms. The first-order chi connectivity index (χ1) is 10.0. The molecule has 0 saturated heterocycles. The van der Waals surface area contributed by atoms with Gasteiger partial charge in [0.05, 0.1) is 7.05 Å². The zero-order valence-electron chi connectivity index (χ0n) is 12.4. The number of carbonyl (C=O) groups excluding carboxylic acids is 1. The van der Waals surface area contributed by atoms with Crippen LogP contribution in [0.3, 0.4) is 0 Å². The molecule has 0 atom stereocenters. The van der Waals surface area contributed by atoms with Crippen molar-refractivity contribution in [1.82, 2.24) is 19.5 Å². The molecule has 0 aliphatic carbocycles. The Morgan fingerprint density at radius 3 is 2.90 bits per heavy atom. The van der Waals surface area contributed by atoms with Gasteiger partial charge in [0, 0.05) is 26.3 Å². The van der Waals surface area contributed by atoms with Gasteiger partial charge in [-0.05, 0) is 0 Å². The minimum absolute atomic E-state index is 0.132. The lowest BCUT2D eigenvalue weighted by atomic mass is 10.4. The number of carbonyl (C=O) groups is 1. The number of nitrogens with zero attached hydrogens (tertiary/aromatic N) is 6. The molecule has 0 aliphatic heterocycles. The standard InChI is InChI=1S/C13H19N6OS/c1-17(2)13-15-9-14-11(16-13)4-7-21-12(20)8-19-6-5-18(3)10-19/h5-6,9-10H,4,7-8H2,1-3H3/q+1. The number of aromatic nitrogens is 5. The van der Waals surface area contributed by atoms with Gasteiger partial charge in [-0.25, -0.2) is 19.1 Å². The third kappa shape index (κ3) is 4.82. The van der Waals surface area contributed by atoms with Crippen molar-refractivity contribution in [2.75, 3.05) is 24.7 Å². The van der Waals surface area contributed by atoms with E-state index in [0.717, 1.165) is 0 Å². The number of hydrogen-bond donors (Lipinski definition) is 0. The van der Waals surface area contributed by atoms with Crippen LogP contribution in [0.4, 0.5) is 5.95 Å². The minimum atomic E-state index is 0.132. The van der Waals surface area contributed by atoms with Crippen molar-refractivity contribution in [1.29, 1.82) is 0 Å². The summed E-state index contributed by atoms with van der Waals surface area (Å²) in [7, 11) is 5.69. The van der Waals surface area contributed by atoms with Crippen LogP contribution in [0.15, 0.2) is 25.0 Å². The van der Waals surface area contributed by atoms with Gasteiger partial charge >= 0.3 is 0 Å². The van der Waals surface area contributed by atoms with E-state index in [1.807, 2.05) is 53.9 Å². The fourth-order valence-electron chi connectivity index (χ4n) is 1.70. The van der Waals surface area contributed by atoms with Gasteiger partial charge in [-0.1, -0.05) is 11.8 Å². The normalized spacial score (nSPS) is 10.6. The fourth-order valence-corrected chi connectivity index (χ4v) is 2.46. The first-order valence-electron chi connectivity index (χ1n) is 6.56. The van der Waals surface area contributed by atoms with Crippen molar-refractivity contribution in [3.63, 3.8) is 0 Å². The van der Waals surface area contributed by atoms with Gasteiger partial charge in [-0.2, -0.15) is 4.98 Å². The van der Waals surface area contributed by atoms with Crippen LogP contribution in [0, 0.1) is 0 Å². The Balaban J connectivity index is 1.78. The Labute approximate surface area is 128 Å². The van der Waals surface area contributed by atoms with Crippen molar-refractivity contribution >= 4 is 22.8 Å². The van der Waals surface area contributed by atoms with Crippen LogP contribution < -0.4 is 9.47 Å². The second-order valence-electron chi connectivity index (χ2n) is 4.82. The second-order valence-corrected chi connectivity index (χ2v) is 5.97. The first-order valence-corrected chi connectivity index (χ1v) is 7.55. The molecule has 7 nitrogen and oxygen atoms in total. The van der Waals surface area contributed by atoms with Crippen LogP contribution in [0.25, 0.3) is 0 Å². The number of rotatable bonds is 6. The summed E-state index contributed by atoms with van der Waals surface area (Å²) >= 11 is 1.31. The molecule has 2 aromatic heterocycles. The average Bonchev–Trinajstić information content (AvgIpc) is 2.84. The molecular weight excluding hydrogens is 288 g/mol. The number of hydrogen-bond acceptors (Lipinski definition) is 6. The largest absolute Gasteiger partial charge is 0.347 e. The number of imidazole rings is 1. The van der Waals surface area contributed by atoms with Gasteiger partial charge in [0.25, 0.3) is 0 Å². The number of thioether (sulfide) groups is 1. The van der Waals surface area contributed by atoms with E-state index in [0.29, 0.717) is 30.5 Å². The van der Waals surface area contributed by atoms with E-state index in [-0.39, 0.29) is 5.12 Å². The molecule has 0 bridgehead atoms. The molecule has 0 saturated carbocycles. The van der Waals surface area contributed by atoms with E-state index in [1.165, 1.54) is 18.1 Å². The van der Waals surface area contributed by atoms with Gasteiger partial charge in [0.1, 0.15) is 24.5 Å². The Morgan fingerprint density at radius 1 is 1.43 bits per heavy atom. The summed E-state index contributed by atoms with van der Waals surface area (Å²) in [6.45, 7) is 0.381. The Morgan fingerprint density at radius 2 is 2.24 bits per heavy atom. The highest BCUT2D eigenvalue weighted by Gasteiger charge is 2.09. The number of anilines is 1. The summed E-state index contributed by atoms with van der Waals surface area (Å²) in [4.78, 5) is 26.2. The maximum Gasteiger partial charge on any atom is 0.243 e. The number of aryl methyl sites for hydroxylation is 2. The van der Waals surface area contributed by atoms with Crippen LogP contribution in [0.2, 0.25) is 0 Å². The summed E-state index contributed by atoms with van der Waals surface area (Å²) in [5.41, 5.74) is 0. The molecule has 0 amide bonds. The van der Waals surface area contributed by atoms with Crippen LogP contribution in [-0.2, 0) is 24.8 Å². The van der Waals surface area contributed by atoms with Crippen molar-refractivity contribution in [2.24, 2.45) is 7.05 Å². The van der Waals surface area contributed by atoms with E-state index in [1.54, 1.807) is 0 Å². The Bertz CT molecular complexity index is 612. The lowest BCUT2D eigenvalue weighted by Gasteiger charge is -2.09. The van der Waals surface area contributed by atoms with Crippen LogP contribution in [-0.4, -0.2) is 44.5 Å². The summed E-state index contributed by atoms with van der Waals surface area (Å²) in [5.74, 6) is 2.01. The van der Waals surface area contributed by atoms with Gasteiger partial charge < -0.3 is 4.90 Å². The highest BCUT2D eigenvalue weighted by Crippen LogP contribution is 2.08. The predicted molar refractivity (Wildman–Crippen MR) is 80.9 cm³/mol. The lowest BCUT2D eigenvalue weighted by Crippen LogP contribution is -2.24. The van der Waals surface area contributed by atoms with Crippen molar-refractivity contribution in [3.8, 4) is 0 Å². The third-order valence-electron chi connectivity index (χ3n) is 2.73. The van der Waals surface area contributed by atoms with Crippen LogP contribution >= 0.6 is 11.8 Å². The van der Waals surface area contributed by atoms with E-state index in [9.17, 15) is 4.79 Å². The summed E-state index contributed by atoms with van der Waals surface area (Å²) in [6, 6.07) is 0. The molecule has 112 valence electrons. The van der Waals surface area contributed by atoms with Crippen molar-refractivity contribution in [3.05, 3.63) is 30.9 Å². The maximum absolute atomic E-state index is 11.9. The monoisotopic (exact) mass is 307 g/mol. The van der Waals surface area contributed by atoms with Gasteiger partial charge in [0.15, 0.2) is 6.54 Å². The SMILES string of the molecule is CN(C)c1ncnc(CCSC(=O)Cn2cc[n+](C)c2)n1. The molecule has 0 spiro atoms. The van der Waals surface area contributed by atoms with Gasteiger partial charge in [0.2, 0.25) is 17.4 Å². The smallest absolute Gasteiger partial charge is 0.243 e. The molecule has 2 rings (SSSR count). The van der Waals surface area contributed by atoms with Crippen molar-refractivity contribution < 1.29 is 9.36 Å². The molecule has 2 heterocycles. The summed E-state index contributed by atoms with van der Waals surface area (Å²) < 4.78 is 3.77. The molecule has 8 heteroatoms. The lowest BCUT2D eigenvalue weighted by molar-refractivity contribution is -0.671. The Hall–Kier alpha value is -1.96. The Kier molecular flexibility index (Phi) is 5.26. The molecule has 0 fully saturated rings. The molecule has 0 unspecified atom stereocenters. The molecule has 0 radical (unpaired) electrons. The topological polar surface area (TPSA) is 67.8 Å². The average molecular weight is 307 g/mol. The van der Waals surface area contributed by atoms with E-state index >= 15 is 0 Å². The molecule has 0 N–H and O–H groups in total. The summed E-state index contributed by atoms with van der Waals surface area (Å²) in [5, 5.41) is 0.132. The van der Waals surface area contributed by atoms with E-state index < -0.39 is 0 Å².